The molecular weight excluding hydrogens is 326 g/mol. The van der Waals surface area contributed by atoms with Gasteiger partial charge in [0.1, 0.15) is 0 Å². The lowest BCUT2D eigenvalue weighted by atomic mass is 10.4. The maximum Gasteiger partial charge on any atom is 0.475 e. The summed E-state index contributed by atoms with van der Waals surface area (Å²) in [6, 6.07) is -0.352. The van der Waals surface area contributed by atoms with Crippen molar-refractivity contribution in [1.29, 1.82) is 0 Å². The van der Waals surface area contributed by atoms with Crippen molar-refractivity contribution in [3.63, 3.8) is 0 Å². The monoisotopic (exact) mass is 341 g/mol. The van der Waals surface area contributed by atoms with E-state index in [0.717, 1.165) is 0 Å². The molecule has 0 aliphatic rings. The second-order valence-corrected chi connectivity index (χ2v) is 10.2. The Morgan fingerprint density at radius 2 is 1.39 bits per heavy atom. The summed E-state index contributed by atoms with van der Waals surface area (Å²) in [7, 11) is -3.40. The third-order valence-electron chi connectivity index (χ3n) is 1.78. The van der Waals surface area contributed by atoms with Gasteiger partial charge in [-0.05, 0) is 31.1 Å². The highest BCUT2D eigenvalue weighted by Gasteiger charge is 2.38. The van der Waals surface area contributed by atoms with Crippen molar-refractivity contribution in [2.75, 3.05) is 25.6 Å². The minimum atomic E-state index is -3.85. The van der Waals surface area contributed by atoms with Crippen LogP contribution in [0.25, 0.3) is 0 Å². The predicted molar refractivity (Wildman–Crippen MR) is 70.4 cm³/mol. The SMILES string of the molecule is CN(C)C(CS[S+]([O])(=O)ON)CS[S+]([O])(=O)ON. The predicted octanol–water partition coefficient (Wildman–Crippen LogP) is -0.486. The van der Waals surface area contributed by atoms with Crippen LogP contribution in [0.15, 0.2) is 0 Å². The molecule has 9 nitrogen and oxygen atoms in total. The fourth-order valence-electron chi connectivity index (χ4n) is 0.726. The van der Waals surface area contributed by atoms with Gasteiger partial charge in [-0.2, -0.15) is 11.8 Å². The maximum absolute atomic E-state index is 11.0. The number of hydrogen-bond acceptors (Lipinski definition) is 9. The zero-order chi connectivity index (χ0) is 14.4. The van der Waals surface area contributed by atoms with Gasteiger partial charge in [-0.1, -0.05) is 0 Å². The van der Waals surface area contributed by atoms with Gasteiger partial charge in [0, 0.05) is 6.04 Å². The van der Waals surface area contributed by atoms with E-state index < -0.39 is 19.1 Å². The van der Waals surface area contributed by atoms with Crippen LogP contribution in [-0.2, 0) is 45.1 Å². The molecular formula is C5H15N3O6S4+2. The second kappa shape index (κ2) is 8.11. The molecule has 18 heavy (non-hydrogen) atoms. The molecule has 108 valence electrons. The average molecular weight is 341 g/mol. The molecule has 4 N–H and O–H groups in total. The van der Waals surface area contributed by atoms with Gasteiger partial charge in [0.25, 0.3) is 0 Å². The highest BCUT2D eigenvalue weighted by molar-refractivity contribution is 8.73. The average Bonchev–Trinajstić information content (AvgIpc) is 2.28. The van der Waals surface area contributed by atoms with Crippen LogP contribution in [0.1, 0.15) is 0 Å². The third kappa shape index (κ3) is 8.00. The number of rotatable bonds is 9. The largest absolute Gasteiger partial charge is 0.475 e. The van der Waals surface area contributed by atoms with Gasteiger partial charge in [0.15, 0.2) is 21.6 Å². The summed E-state index contributed by atoms with van der Waals surface area (Å²) in [4.78, 5) is 1.66. The van der Waals surface area contributed by atoms with Crippen LogP contribution in [-0.4, -0.2) is 36.5 Å². The number of nitrogens with two attached hydrogens (primary N) is 2. The Bertz CT molecular complexity index is 313. The van der Waals surface area contributed by atoms with Crippen molar-refractivity contribution in [1.82, 2.24) is 4.90 Å². The summed E-state index contributed by atoms with van der Waals surface area (Å²) in [5, 5.41) is 0. The van der Waals surface area contributed by atoms with Crippen molar-refractivity contribution in [2.45, 2.75) is 6.04 Å². The van der Waals surface area contributed by atoms with Crippen LogP contribution >= 0.6 is 21.6 Å². The minimum Gasteiger partial charge on any atom is -0.304 e. The van der Waals surface area contributed by atoms with Crippen molar-refractivity contribution in [3.8, 4) is 0 Å². The summed E-state index contributed by atoms with van der Waals surface area (Å²) in [5.41, 5.74) is 0. The van der Waals surface area contributed by atoms with E-state index in [9.17, 15) is 17.5 Å². The fourth-order valence-corrected chi connectivity index (χ4v) is 4.74. The highest BCUT2D eigenvalue weighted by Crippen LogP contribution is 2.26. The van der Waals surface area contributed by atoms with E-state index in [4.69, 9.17) is 0 Å². The van der Waals surface area contributed by atoms with Gasteiger partial charge in [-0.3, -0.25) is 0 Å². The molecule has 2 unspecified atom stereocenters. The Kier molecular flexibility index (Phi) is 8.43. The van der Waals surface area contributed by atoms with E-state index in [2.05, 4.69) is 20.4 Å². The van der Waals surface area contributed by atoms with Gasteiger partial charge < -0.3 is 4.90 Å². The lowest BCUT2D eigenvalue weighted by molar-refractivity contribution is 0.277. The smallest absolute Gasteiger partial charge is 0.304 e. The Hall–Kier alpha value is 0.720. The lowest BCUT2D eigenvalue weighted by Gasteiger charge is -2.19. The molecule has 0 saturated carbocycles. The molecule has 13 heteroatoms. The standard InChI is InChI=1S/C5H15N3O6S4/c1-8(2)5(3-15-17(9,10)13-6)4-16-18(11,12)14-7/h5H,3-4,6-7H2,1-2H3/q+2. The Morgan fingerprint density at radius 1 is 1.06 bits per heavy atom. The quantitative estimate of drug-likeness (QED) is 0.322. The third-order valence-corrected chi connectivity index (χ3v) is 6.89. The molecule has 0 aliphatic heterocycles. The van der Waals surface area contributed by atoms with Gasteiger partial charge in [0.2, 0.25) is 0 Å². The first-order valence-electron chi connectivity index (χ1n) is 4.35. The first-order valence-corrected chi connectivity index (χ1v) is 10.2. The van der Waals surface area contributed by atoms with Gasteiger partial charge in [-0.15, -0.1) is 0 Å². The van der Waals surface area contributed by atoms with E-state index in [1.165, 1.54) is 0 Å². The normalized spacial score (nSPS) is 20.4. The second-order valence-electron chi connectivity index (χ2n) is 3.20. The zero-order valence-corrected chi connectivity index (χ0v) is 12.9. The molecule has 0 aromatic rings. The van der Waals surface area contributed by atoms with Gasteiger partial charge in [-0.25, -0.2) is 0 Å². The van der Waals surface area contributed by atoms with Gasteiger partial charge in [0.05, 0.1) is 20.6 Å². The topological polar surface area (TPSA) is 148 Å². The summed E-state index contributed by atoms with van der Waals surface area (Å²) in [5.74, 6) is 9.31. The Morgan fingerprint density at radius 3 is 1.61 bits per heavy atom. The lowest BCUT2D eigenvalue weighted by Crippen LogP contribution is -2.34. The molecule has 0 fully saturated rings. The molecule has 0 rings (SSSR count). The molecule has 0 saturated heterocycles. The van der Waals surface area contributed by atoms with Crippen molar-refractivity contribution in [2.24, 2.45) is 11.8 Å². The summed E-state index contributed by atoms with van der Waals surface area (Å²) in [6.45, 7) is 0. The maximum atomic E-state index is 11.0. The van der Waals surface area contributed by atoms with E-state index in [1.807, 2.05) is 0 Å². The van der Waals surface area contributed by atoms with E-state index >= 15 is 0 Å². The van der Waals surface area contributed by atoms with Crippen molar-refractivity contribution >= 4 is 40.6 Å². The molecule has 0 aromatic heterocycles. The minimum absolute atomic E-state index is 0.0830. The Labute approximate surface area is 115 Å². The molecule has 0 heterocycles. The van der Waals surface area contributed by atoms with Crippen LogP contribution in [0.4, 0.5) is 0 Å². The van der Waals surface area contributed by atoms with Crippen LogP contribution < -0.4 is 11.8 Å². The zero-order valence-electron chi connectivity index (χ0n) is 9.68. The van der Waals surface area contributed by atoms with Crippen LogP contribution in [0.3, 0.4) is 0 Å². The number of nitrogens with zero attached hydrogens (tertiary/aromatic N) is 1. The van der Waals surface area contributed by atoms with Crippen LogP contribution in [0.5, 0.6) is 0 Å². The molecule has 0 aromatic carbocycles. The first-order chi connectivity index (χ1) is 8.13. The molecule has 0 aliphatic carbocycles. The molecule has 2 radical (unpaired) electrons. The van der Waals surface area contributed by atoms with Crippen LogP contribution in [0.2, 0.25) is 0 Å². The molecule has 0 bridgehead atoms. The van der Waals surface area contributed by atoms with Crippen molar-refractivity contribution < 1.29 is 26.1 Å². The van der Waals surface area contributed by atoms with E-state index in [-0.39, 0.29) is 17.5 Å². The first kappa shape index (κ1) is 18.7. The van der Waals surface area contributed by atoms with Crippen molar-refractivity contribution in [3.05, 3.63) is 0 Å². The van der Waals surface area contributed by atoms with E-state index in [0.29, 0.717) is 21.6 Å². The highest BCUT2D eigenvalue weighted by atomic mass is 33.2. The van der Waals surface area contributed by atoms with E-state index in [1.54, 1.807) is 19.0 Å². The summed E-state index contributed by atoms with van der Waals surface area (Å²) in [6.07, 6.45) is 0. The van der Waals surface area contributed by atoms with Gasteiger partial charge >= 0.3 is 19.1 Å². The number of hydrogen-bond donors (Lipinski definition) is 2. The summed E-state index contributed by atoms with van der Waals surface area (Å²) < 4.78 is 51.6. The fraction of sp³-hybridized carbons (Fsp3) is 1.00. The van der Waals surface area contributed by atoms with Crippen LogP contribution in [0, 0.1) is 0 Å². The Balaban J connectivity index is 4.34. The molecule has 0 spiro atoms. The summed E-state index contributed by atoms with van der Waals surface area (Å²) >= 11 is 0. The molecule has 0 amide bonds. The molecule has 2 atom stereocenters.